The molecule has 0 aromatic rings. The topological polar surface area (TPSA) is 37.3 Å². The molecule has 0 amide bonds. The second-order valence-electron chi connectivity index (χ2n) is 1.28. The number of hydrogen-bond acceptors (Lipinski definition) is 1. The maximum absolute atomic E-state index is 10.0. The molecule has 0 aliphatic rings. The van der Waals surface area contributed by atoms with Gasteiger partial charge in [-0.05, 0) is 13.8 Å². The fraction of sp³-hybridized carbons (Fsp3) is 0.500. The lowest BCUT2D eigenvalue weighted by atomic mass is 10.6. The Kier molecular flexibility index (Phi) is 2.97. The molecule has 3 heteroatoms. The molecule has 0 bridgehead atoms. The third-order valence-electron chi connectivity index (χ3n) is 0.770. The summed E-state index contributed by atoms with van der Waals surface area (Å²) in [6.07, 6.45) is 1.64. The van der Waals surface area contributed by atoms with Crippen LogP contribution in [0.4, 0.5) is 0 Å². The predicted octanol–water partition coefficient (Wildman–Crippen LogP) is 1.38. The Morgan fingerprint density at radius 1 is 1.86 bits per heavy atom. The van der Waals surface area contributed by atoms with Crippen molar-refractivity contribution in [3.8, 4) is 0 Å². The van der Waals surface area contributed by atoms with Crippen LogP contribution in [0.15, 0.2) is 11.4 Å². The smallest absolute Gasteiger partial charge is 0.213 e. The lowest BCUT2D eigenvalue weighted by molar-refractivity contribution is 0.509. The highest BCUT2D eigenvalue weighted by atomic mass is 31.1. The van der Waals surface area contributed by atoms with E-state index in [0.717, 1.165) is 0 Å². The third-order valence-corrected chi connectivity index (χ3v) is 1.73. The molecule has 0 aliphatic heterocycles. The molecule has 42 valence electrons. The van der Waals surface area contributed by atoms with Crippen molar-refractivity contribution in [3.63, 3.8) is 0 Å². The molecule has 0 saturated carbocycles. The van der Waals surface area contributed by atoms with Gasteiger partial charge in [-0.15, -0.1) is 0 Å². The van der Waals surface area contributed by atoms with Crippen LogP contribution in [-0.4, -0.2) is 4.89 Å². The van der Waals surface area contributed by atoms with Crippen LogP contribution < -0.4 is 0 Å². The normalized spacial score (nSPS) is 16.7. The highest BCUT2D eigenvalue weighted by molar-refractivity contribution is 7.43. The van der Waals surface area contributed by atoms with Crippen LogP contribution in [0.3, 0.4) is 0 Å². The quantitative estimate of drug-likeness (QED) is 0.530. The molecule has 1 N–H and O–H groups in total. The van der Waals surface area contributed by atoms with E-state index in [1.807, 2.05) is 0 Å². The van der Waals surface area contributed by atoms with E-state index in [-0.39, 0.29) is 0 Å². The van der Waals surface area contributed by atoms with Gasteiger partial charge in [0, 0.05) is 5.31 Å². The first kappa shape index (κ1) is 6.93. The Labute approximate surface area is 43.7 Å². The van der Waals surface area contributed by atoms with Crippen molar-refractivity contribution in [2.75, 3.05) is 0 Å². The molecule has 0 spiro atoms. The molecule has 1 atom stereocenters. The molecule has 0 rings (SSSR count). The molecule has 0 aromatic heterocycles. The van der Waals surface area contributed by atoms with Crippen molar-refractivity contribution in [3.05, 3.63) is 11.4 Å². The highest BCUT2D eigenvalue weighted by Gasteiger charge is 1.89. The van der Waals surface area contributed by atoms with E-state index in [0.29, 0.717) is 5.31 Å². The van der Waals surface area contributed by atoms with Crippen LogP contribution in [-0.2, 0) is 4.57 Å². The van der Waals surface area contributed by atoms with E-state index in [1.54, 1.807) is 19.9 Å². The first-order valence-corrected chi connectivity index (χ1v) is 3.40. The van der Waals surface area contributed by atoms with Crippen LogP contribution >= 0.6 is 8.03 Å². The maximum Gasteiger partial charge on any atom is 0.213 e. The van der Waals surface area contributed by atoms with Crippen molar-refractivity contribution < 1.29 is 9.46 Å². The van der Waals surface area contributed by atoms with Gasteiger partial charge in [-0.1, -0.05) is 6.08 Å². The van der Waals surface area contributed by atoms with Crippen molar-refractivity contribution in [2.24, 2.45) is 0 Å². The van der Waals surface area contributed by atoms with Crippen molar-refractivity contribution in [1.29, 1.82) is 0 Å². The van der Waals surface area contributed by atoms with E-state index < -0.39 is 8.03 Å². The minimum atomic E-state index is -2.35. The van der Waals surface area contributed by atoms with Crippen LogP contribution in [0.2, 0.25) is 0 Å². The molecule has 7 heavy (non-hydrogen) atoms. The maximum atomic E-state index is 10.0. The van der Waals surface area contributed by atoms with Gasteiger partial charge in [0.05, 0.1) is 0 Å². The highest BCUT2D eigenvalue weighted by Crippen LogP contribution is 2.24. The Morgan fingerprint density at radius 2 is 2.29 bits per heavy atom. The molecule has 0 heterocycles. The molecule has 0 aromatic carbocycles. The summed E-state index contributed by atoms with van der Waals surface area (Å²) in [4.78, 5) is 8.30. The molecule has 0 fully saturated rings. The average molecular weight is 120 g/mol. The second kappa shape index (κ2) is 3.00. The van der Waals surface area contributed by atoms with Crippen LogP contribution in [0.25, 0.3) is 0 Å². The second-order valence-corrected chi connectivity index (χ2v) is 2.68. The minimum absolute atomic E-state index is 0.574. The Morgan fingerprint density at radius 3 is 2.29 bits per heavy atom. The molecule has 1 unspecified atom stereocenters. The summed E-state index contributed by atoms with van der Waals surface area (Å²) in [6.45, 7) is 3.38. The van der Waals surface area contributed by atoms with Crippen LogP contribution in [0.1, 0.15) is 13.8 Å². The van der Waals surface area contributed by atoms with Gasteiger partial charge in [0.15, 0.2) is 0 Å². The zero-order valence-corrected chi connectivity index (χ0v) is 5.43. The minimum Gasteiger partial charge on any atom is -0.343 e. The van der Waals surface area contributed by atoms with Gasteiger partial charge in [-0.25, -0.2) is 0 Å². The first-order chi connectivity index (χ1) is 3.18. The van der Waals surface area contributed by atoms with Gasteiger partial charge in [0.2, 0.25) is 8.03 Å². The lowest BCUT2D eigenvalue weighted by Crippen LogP contribution is -1.59. The van der Waals surface area contributed by atoms with Gasteiger partial charge >= 0.3 is 0 Å². The standard InChI is InChI=1S/C4H9O2P/c1-3-4(2)7(5)6/h3,7H,1-2H3,(H,5,6). The molecular weight excluding hydrogens is 111 g/mol. The zero-order valence-electron chi connectivity index (χ0n) is 4.43. The van der Waals surface area contributed by atoms with E-state index >= 15 is 0 Å². The SMILES string of the molecule is CC=C(C)[PH](=O)O. The predicted molar refractivity (Wildman–Crippen MR) is 30.7 cm³/mol. The summed E-state index contributed by atoms with van der Waals surface area (Å²) >= 11 is 0. The van der Waals surface area contributed by atoms with E-state index in [9.17, 15) is 4.57 Å². The summed E-state index contributed by atoms with van der Waals surface area (Å²) in [6, 6.07) is 0. The zero-order chi connectivity index (χ0) is 5.86. The van der Waals surface area contributed by atoms with Gasteiger partial charge in [-0.2, -0.15) is 0 Å². The molecule has 0 saturated heterocycles. The van der Waals surface area contributed by atoms with Gasteiger partial charge < -0.3 is 4.89 Å². The van der Waals surface area contributed by atoms with E-state index in [2.05, 4.69) is 0 Å². The molecule has 0 radical (unpaired) electrons. The summed E-state index contributed by atoms with van der Waals surface area (Å²) in [5, 5.41) is 0.574. The third kappa shape index (κ3) is 2.60. The summed E-state index contributed by atoms with van der Waals surface area (Å²) in [7, 11) is -2.35. The Bertz CT molecular complexity index is 106. The summed E-state index contributed by atoms with van der Waals surface area (Å²) in [5.41, 5.74) is 0. The van der Waals surface area contributed by atoms with Gasteiger partial charge in [0.25, 0.3) is 0 Å². The first-order valence-electron chi connectivity index (χ1n) is 2.04. The van der Waals surface area contributed by atoms with Crippen LogP contribution in [0.5, 0.6) is 0 Å². The van der Waals surface area contributed by atoms with Gasteiger partial charge in [0.1, 0.15) is 0 Å². The Balaban J connectivity index is 3.82. The number of allylic oxidation sites excluding steroid dienone is 2. The van der Waals surface area contributed by atoms with E-state index in [1.165, 1.54) is 0 Å². The molecule has 0 aliphatic carbocycles. The van der Waals surface area contributed by atoms with Crippen molar-refractivity contribution >= 4 is 8.03 Å². The van der Waals surface area contributed by atoms with Gasteiger partial charge in [-0.3, -0.25) is 4.57 Å². The fourth-order valence-corrected chi connectivity index (χ4v) is 0.370. The molecular formula is C4H9O2P. The largest absolute Gasteiger partial charge is 0.343 e. The average Bonchev–Trinajstić information content (AvgIpc) is 1.65. The monoisotopic (exact) mass is 120 g/mol. The van der Waals surface area contributed by atoms with E-state index in [4.69, 9.17) is 4.89 Å². The fourth-order valence-electron chi connectivity index (χ4n) is 0.123. The summed E-state index contributed by atoms with van der Waals surface area (Å²) < 4.78 is 10.0. The number of hydrogen-bond donors (Lipinski definition) is 1. The molecule has 2 nitrogen and oxygen atoms in total. The summed E-state index contributed by atoms with van der Waals surface area (Å²) in [5.74, 6) is 0. The lowest BCUT2D eigenvalue weighted by Gasteiger charge is -1.86. The van der Waals surface area contributed by atoms with Crippen molar-refractivity contribution in [1.82, 2.24) is 0 Å². The van der Waals surface area contributed by atoms with Crippen molar-refractivity contribution in [2.45, 2.75) is 13.8 Å². The Hall–Kier alpha value is -0.0700. The van der Waals surface area contributed by atoms with Crippen LogP contribution in [0, 0.1) is 0 Å². The number of rotatable bonds is 1.